The van der Waals surface area contributed by atoms with Crippen molar-refractivity contribution in [1.29, 1.82) is 0 Å². The van der Waals surface area contributed by atoms with Gasteiger partial charge in [-0.2, -0.15) is 0 Å². The summed E-state index contributed by atoms with van der Waals surface area (Å²) in [5, 5.41) is 0. The zero-order valence-electron chi connectivity index (χ0n) is 9.25. The average Bonchev–Trinajstić information content (AvgIpc) is 2.09. The van der Waals surface area contributed by atoms with Crippen LogP contribution in [0.15, 0.2) is 0 Å². The SMILES string of the molecule is CCOCC(N)C(OCC)C(C)C. The summed E-state index contributed by atoms with van der Waals surface area (Å²) >= 11 is 0. The highest BCUT2D eigenvalue weighted by molar-refractivity contribution is 4.75. The number of ether oxygens (including phenoxy) is 2. The van der Waals surface area contributed by atoms with Gasteiger partial charge < -0.3 is 15.2 Å². The minimum absolute atomic E-state index is 0.0140. The minimum atomic E-state index is -0.0140. The molecule has 0 rings (SSSR count). The molecule has 0 aliphatic rings. The Bertz CT molecular complexity index is 117. The summed E-state index contributed by atoms with van der Waals surface area (Å²) in [6.07, 6.45) is 0.108. The average molecular weight is 189 g/mol. The van der Waals surface area contributed by atoms with E-state index in [9.17, 15) is 0 Å². The third kappa shape index (κ3) is 5.24. The van der Waals surface area contributed by atoms with Crippen LogP contribution < -0.4 is 5.73 Å². The molecule has 0 aromatic rings. The van der Waals surface area contributed by atoms with Crippen LogP contribution in [0, 0.1) is 5.92 Å². The smallest absolute Gasteiger partial charge is 0.0771 e. The highest BCUT2D eigenvalue weighted by Crippen LogP contribution is 2.10. The fourth-order valence-electron chi connectivity index (χ4n) is 1.35. The van der Waals surface area contributed by atoms with Crippen molar-refractivity contribution < 1.29 is 9.47 Å². The summed E-state index contributed by atoms with van der Waals surface area (Å²) in [7, 11) is 0. The van der Waals surface area contributed by atoms with Gasteiger partial charge in [-0.25, -0.2) is 0 Å². The Kier molecular flexibility index (Phi) is 7.23. The van der Waals surface area contributed by atoms with Gasteiger partial charge in [-0.15, -0.1) is 0 Å². The van der Waals surface area contributed by atoms with E-state index in [1.54, 1.807) is 0 Å². The summed E-state index contributed by atoms with van der Waals surface area (Å²) in [5.41, 5.74) is 5.94. The lowest BCUT2D eigenvalue weighted by Crippen LogP contribution is -2.43. The fraction of sp³-hybridized carbons (Fsp3) is 1.00. The Morgan fingerprint density at radius 1 is 1.15 bits per heavy atom. The van der Waals surface area contributed by atoms with Gasteiger partial charge in [0.1, 0.15) is 0 Å². The molecule has 0 bridgehead atoms. The van der Waals surface area contributed by atoms with Gasteiger partial charge >= 0.3 is 0 Å². The van der Waals surface area contributed by atoms with Crippen molar-refractivity contribution in [2.24, 2.45) is 11.7 Å². The van der Waals surface area contributed by atoms with E-state index in [-0.39, 0.29) is 12.1 Å². The highest BCUT2D eigenvalue weighted by atomic mass is 16.5. The molecule has 2 atom stereocenters. The molecule has 0 aromatic carbocycles. The summed E-state index contributed by atoms with van der Waals surface area (Å²) in [6.45, 7) is 10.2. The molecule has 2 unspecified atom stereocenters. The Labute approximate surface area is 81.6 Å². The van der Waals surface area contributed by atoms with Crippen LogP contribution in [0.1, 0.15) is 27.7 Å². The third-order valence-electron chi connectivity index (χ3n) is 1.95. The zero-order chi connectivity index (χ0) is 10.3. The first-order chi connectivity index (χ1) is 6.13. The highest BCUT2D eigenvalue weighted by Gasteiger charge is 2.21. The Balaban J connectivity index is 3.87. The molecule has 0 saturated carbocycles. The predicted octanol–water partition coefficient (Wildman–Crippen LogP) is 1.41. The molecular formula is C10H23NO2. The maximum Gasteiger partial charge on any atom is 0.0771 e. The van der Waals surface area contributed by atoms with E-state index in [1.165, 1.54) is 0 Å². The first-order valence-electron chi connectivity index (χ1n) is 5.08. The number of rotatable bonds is 7. The van der Waals surface area contributed by atoms with Crippen molar-refractivity contribution in [3.8, 4) is 0 Å². The van der Waals surface area contributed by atoms with E-state index >= 15 is 0 Å². The van der Waals surface area contributed by atoms with E-state index in [4.69, 9.17) is 15.2 Å². The van der Waals surface area contributed by atoms with Gasteiger partial charge in [0.25, 0.3) is 0 Å². The first-order valence-corrected chi connectivity index (χ1v) is 5.08. The molecule has 0 amide bonds. The van der Waals surface area contributed by atoms with Gasteiger partial charge in [0.15, 0.2) is 0 Å². The molecule has 0 fully saturated rings. The lowest BCUT2D eigenvalue weighted by molar-refractivity contribution is -0.0114. The van der Waals surface area contributed by atoms with Crippen LogP contribution in [0.3, 0.4) is 0 Å². The first kappa shape index (κ1) is 12.9. The van der Waals surface area contributed by atoms with E-state index < -0.39 is 0 Å². The summed E-state index contributed by atoms with van der Waals surface area (Å²) in [4.78, 5) is 0. The molecule has 0 aliphatic heterocycles. The molecule has 80 valence electrons. The summed E-state index contributed by atoms with van der Waals surface area (Å²) in [6, 6.07) is -0.0140. The quantitative estimate of drug-likeness (QED) is 0.658. The molecule has 2 N–H and O–H groups in total. The summed E-state index contributed by atoms with van der Waals surface area (Å²) < 4.78 is 10.8. The van der Waals surface area contributed by atoms with Crippen LogP contribution in [0.25, 0.3) is 0 Å². The molecule has 0 saturated heterocycles. The zero-order valence-corrected chi connectivity index (χ0v) is 9.25. The van der Waals surface area contributed by atoms with Crippen LogP contribution in [-0.2, 0) is 9.47 Å². The molecule has 0 aliphatic carbocycles. The van der Waals surface area contributed by atoms with Gasteiger partial charge in [-0.1, -0.05) is 13.8 Å². The molecule has 3 nitrogen and oxygen atoms in total. The maximum absolute atomic E-state index is 5.94. The number of nitrogens with two attached hydrogens (primary N) is 1. The molecular weight excluding hydrogens is 166 g/mol. The predicted molar refractivity (Wildman–Crippen MR) is 54.7 cm³/mol. The van der Waals surface area contributed by atoms with Crippen molar-refractivity contribution in [1.82, 2.24) is 0 Å². The van der Waals surface area contributed by atoms with Crippen molar-refractivity contribution in [2.45, 2.75) is 39.8 Å². The van der Waals surface area contributed by atoms with E-state index in [2.05, 4.69) is 13.8 Å². The monoisotopic (exact) mass is 189 g/mol. The standard InChI is InChI=1S/C10H23NO2/c1-5-12-7-9(11)10(8(3)4)13-6-2/h8-10H,5-7,11H2,1-4H3. The Morgan fingerprint density at radius 2 is 1.77 bits per heavy atom. The van der Waals surface area contributed by atoms with Crippen LogP contribution in [-0.4, -0.2) is 32.0 Å². The van der Waals surface area contributed by atoms with Gasteiger partial charge in [0.05, 0.1) is 18.8 Å². The normalized spacial score (nSPS) is 16.2. The third-order valence-corrected chi connectivity index (χ3v) is 1.95. The second-order valence-electron chi connectivity index (χ2n) is 3.49. The van der Waals surface area contributed by atoms with Crippen molar-refractivity contribution in [3.63, 3.8) is 0 Å². The van der Waals surface area contributed by atoms with Gasteiger partial charge in [-0.05, 0) is 19.8 Å². The van der Waals surface area contributed by atoms with E-state index in [1.807, 2.05) is 13.8 Å². The second kappa shape index (κ2) is 7.30. The molecule has 13 heavy (non-hydrogen) atoms. The second-order valence-corrected chi connectivity index (χ2v) is 3.49. The topological polar surface area (TPSA) is 44.5 Å². The van der Waals surface area contributed by atoms with Crippen LogP contribution >= 0.6 is 0 Å². The van der Waals surface area contributed by atoms with Crippen molar-refractivity contribution >= 4 is 0 Å². The lowest BCUT2D eigenvalue weighted by Gasteiger charge is -2.26. The molecule has 0 radical (unpaired) electrons. The summed E-state index contributed by atoms with van der Waals surface area (Å²) in [5.74, 6) is 0.440. The Hall–Kier alpha value is -0.120. The van der Waals surface area contributed by atoms with E-state index in [0.29, 0.717) is 25.7 Å². The van der Waals surface area contributed by atoms with E-state index in [0.717, 1.165) is 0 Å². The van der Waals surface area contributed by atoms with Gasteiger partial charge in [-0.3, -0.25) is 0 Å². The van der Waals surface area contributed by atoms with Crippen molar-refractivity contribution in [2.75, 3.05) is 19.8 Å². The Morgan fingerprint density at radius 3 is 2.15 bits per heavy atom. The molecule has 0 heterocycles. The lowest BCUT2D eigenvalue weighted by atomic mass is 10.0. The fourth-order valence-corrected chi connectivity index (χ4v) is 1.35. The molecule has 0 spiro atoms. The van der Waals surface area contributed by atoms with Gasteiger partial charge in [0, 0.05) is 13.2 Å². The van der Waals surface area contributed by atoms with Crippen LogP contribution in [0.2, 0.25) is 0 Å². The van der Waals surface area contributed by atoms with Crippen LogP contribution in [0.4, 0.5) is 0 Å². The molecule has 0 aromatic heterocycles. The molecule has 3 heteroatoms. The van der Waals surface area contributed by atoms with Crippen LogP contribution in [0.5, 0.6) is 0 Å². The number of hydrogen-bond acceptors (Lipinski definition) is 3. The number of hydrogen-bond donors (Lipinski definition) is 1. The van der Waals surface area contributed by atoms with Gasteiger partial charge in [0.2, 0.25) is 0 Å². The maximum atomic E-state index is 5.94. The minimum Gasteiger partial charge on any atom is -0.380 e. The largest absolute Gasteiger partial charge is 0.380 e. The van der Waals surface area contributed by atoms with Crippen molar-refractivity contribution in [3.05, 3.63) is 0 Å².